The first-order valence-corrected chi connectivity index (χ1v) is 3.98. The zero-order chi connectivity index (χ0) is 7.82. The van der Waals surface area contributed by atoms with E-state index in [4.69, 9.17) is 0 Å². The van der Waals surface area contributed by atoms with Gasteiger partial charge in [0.05, 0.1) is 0 Å². The highest BCUT2D eigenvalue weighted by Gasteiger charge is 1.82. The van der Waals surface area contributed by atoms with E-state index in [1.54, 1.807) is 0 Å². The summed E-state index contributed by atoms with van der Waals surface area (Å²) in [6.07, 6.45) is 7.28. The minimum absolute atomic E-state index is 1.02. The molecule has 0 aliphatic rings. The van der Waals surface area contributed by atoms with E-state index in [-0.39, 0.29) is 0 Å². The van der Waals surface area contributed by atoms with E-state index in [1.807, 2.05) is 12.4 Å². The number of nitrogens with zero attached hydrogens (tertiary/aromatic N) is 1. The molecule has 0 spiro atoms. The van der Waals surface area contributed by atoms with Gasteiger partial charge in [-0.15, -0.1) is 0 Å². The molecule has 0 saturated carbocycles. The van der Waals surface area contributed by atoms with Crippen LogP contribution in [0.2, 0.25) is 0 Å². The maximum atomic E-state index is 4.12. The van der Waals surface area contributed by atoms with Gasteiger partial charge in [-0.25, -0.2) is 0 Å². The van der Waals surface area contributed by atoms with Gasteiger partial charge in [-0.3, -0.25) is 4.99 Å². The molecule has 0 heterocycles. The molecule has 0 atom stereocenters. The molecule has 0 radical (unpaired) electrons. The molecule has 0 amide bonds. The average Bonchev–Trinajstić information content (AvgIpc) is 1.89. The first-order chi connectivity index (χ1) is 4.81. The van der Waals surface area contributed by atoms with Gasteiger partial charge in [0.2, 0.25) is 0 Å². The lowest BCUT2D eigenvalue weighted by molar-refractivity contribution is 0.901. The van der Waals surface area contributed by atoms with E-state index in [2.05, 4.69) is 25.8 Å². The van der Waals surface area contributed by atoms with Crippen LogP contribution in [0.3, 0.4) is 0 Å². The topological polar surface area (TPSA) is 12.4 Å². The minimum atomic E-state index is 1.02. The van der Waals surface area contributed by atoms with Gasteiger partial charge < -0.3 is 0 Å². The van der Waals surface area contributed by atoms with Crippen LogP contribution in [0.25, 0.3) is 0 Å². The fourth-order valence-corrected chi connectivity index (χ4v) is 0.744. The van der Waals surface area contributed by atoms with Crippen LogP contribution in [0.5, 0.6) is 0 Å². The monoisotopic (exact) mass is 139 g/mol. The van der Waals surface area contributed by atoms with Crippen molar-refractivity contribution in [3.8, 4) is 0 Å². The van der Waals surface area contributed by atoms with Crippen molar-refractivity contribution in [2.24, 2.45) is 4.99 Å². The van der Waals surface area contributed by atoms with Crippen molar-refractivity contribution in [1.29, 1.82) is 0 Å². The predicted molar refractivity (Wildman–Crippen MR) is 47.4 cm³/mol. The standard InChI is InChI=1S/C9H17N/c1-4-6-9(3)8-10-7-5-2/h7-8H,4-6H2,1-3H3/b9-8+,10-7-. The van der Waals surface area contributed by atoms with Crippen molar-refractivity contribution in [1.82, 2.24) is 0 Å². The smallest absolute Gasteiger partial charge is 0.0253 e. The quantitative estimate of drug-likeness (QED) is 0.530. The lowest BCUT2D eigenvalue weighted by Crippen LogP contribution is -1.73. The second-order valence-electron chi connectivity index (χ2n) is 2.47. The summed E-state index contributed by atoms with van der Waals surface area (Å²) in [7, 11) is 0. The molecule has 0 aromatic heterocycles. The van der Waals surface area contributed by atoms with Gasteiger partial charge in [0, 0.05) is 12.4 Å². The number of allylic oxidation sites excluding steroid dienone is 1. The summed E-state index contributed by atoms with van der Waals surface area (Å²) >= 11 is 0. The molecule has 0 rings (SSSR count). The molecule has 0 bridgehead atoms. The van der Waals surface area contributed by atoms with Crippen LogP contribution < -0.4 is 0 Å². The molecule has 58 valence electrons. The van der Waals surface area contributed by atoms with Gasteiger partial charge in [0.1, 0.15) is 0 Å². The Hall–Kier alpha value is -0.590. The molecular weight excluding hydrogens is 122 g/mol. The molecule has 0 aromatic carbocycles. The first kappa shape index (κ1) is 9.41. The van der Waals surface area contributed by atoms with Gasteiger partial charge in [-0.2, -0.15) is 0 Å². The first-order valence-electron chi connectivity index (χ1n) is 3.98. The SMILES string of the molecule is CC/C=N\C=C(/C)CCC. The fourth-order valence-electron chi connectivity index (χ4n) is 0.744. The summed E-state index contributed by atoms with van der Waals surface area (Å²) in [5.74, 6) is 0. The average molecular weight is 139 g/mol. The van der Waals surface area contributed by atoms with Gasteiger partial charge in [-0.1, -0.05) is 25.8 Å². The maximum absolute atomic E-state index is 4.12. The summed E-state index contributed by atoms with van der Waals surface area (Å²) in [5, 5.41) is 0. The fraction of sp³-hybridized carbons (Fsp3) is 0.667. The summed E-state index contributed by atoms with van der Waals surface area (Å²) in [5.41, 5.74) is 1.37. The van der Waals surface area contributed by atoms with Gasteiger partial charge in [-0.05, 0) is 19.8 Å². The van der Waals surface area contributed by atoms with Crippen molar-refractivity contribution < 1.29 is 0 Å². The lowest BCUT2D eigenvalue weighted by Gasteiger charge is -1.92. The maximum Gasteiger partial charge on any atom is 0.0253 e. The molecule has 0 aliphatic carbocycles. The third kappa shape index (κ3) is 5.54. The summed E-state index contributed by atoms with van der Waals surface area (Å²) < 4.78 is 0. The number of hydrogen-bond donors (Lipinski definition) is 0. The van der Waals surface area contributed by atoms with Crippen molar-refractivity contribution in [3.05, 3.63) is 11.8 Å². The highest BCUT2D eigenvalue weighted by atomic mass is 14.7. The third-order valence-electron chi connectivity index (χ3n) is 1.23. The second kappa shape index (κ2) is 6.53. The molecule has 0 unspecified atom stereocenters. The summed E-state index contributed by atoms with van der Waals surface area (Å²) in [6, 6.07) is 0. The Kier molecular flexibility index (Phi) is 6.14. The van der Waals surface area contributed by atoms with E-state index in [0.717, 1.165) is 6.42 Å². The van der Waals surface area contributed by atoms with Crippen LogP contribution in [-0.4, -0.2) is 6.21 Å². The van der Waals surface area contributed by atoms with E-state index in [9.17, 15) is 0 Å². The van der Waals surface area contributed by atoms with Gasteiger partial charge in [0.15, 0.2) is 0 Å². The molecule has 1 heteroatoms. The zero-order valence-electron chi connectivity index (χ0n) is 7.22. The van der Waals surface area contributed by atoms with E-state index in [0.29, 0.717) is 0 Å². The number of rotatable bonds is 4. The van der Waals surface area contributed by atoms with Crippen LogP contribution in [0.1, 0.15) is 40.0 Å². The summed E-state index contributed by atoms with van der Waals surface area (Å²) in [4.78, 5) is 4.12. The van der Waals surface area contributed by atoms with Gasteiger partial charge in [0.25, 0.3) is 0 Å². The molecule has 0 aliphatic heterocycles. The van der Waals surface area contributed by atoms with Crippen molar-refractivity contribution >= 4 is 6.21 Å². The van der Waals surface area contributed by atoms with Crippen LogP contribution in [0.4, 0.5) is 0 Å². The molecule has 0 fully saturated rings. The van der Waals surface area contributed by atoms with E-state index < -0.39 is 0 Å². The normalized spacial score (nSPS) is 12.9. The molecule has 0 saturated heterocycles. The highest BCUT2D eigenvalue weighted by molar-refractivity contribution is 5.57. The Balaban J connectivity index is 3.56. The van der Waals surface area contributed by atoms with Crippen molar-refractivity contribution in [2.45, 2.75) is 40.0 Å². The Bertz CT molecular complexity index is 123. The van der Waals surface area contributed by atoms with Crippen LogP contribution in [0.15, 0.2) is 16.8 Å². The largest absolute Gasteiger partial charge is 0.269 e. The molecule has 0 N–H and O–H groups in total. The van der Waals surface area contributed by atoms with Crippen molar-refractivity contribution in [2.75, 3.05) is 0 Å². The third-order valence-corrected chi connectivity index (χ3v) is 1.23. The zero-order valence-corrected chi connectivity index (χ0v) is 7.22. The Labute approximate surface area is 63.9 Å². The van der Waals surface area contributed by atoms with E-state index in [1.165, 1.54) is 18.4 Å². The highest BCUT2D eigenvalue weighted by Crippen LogP contribution is 2.01. The summed E-state index contributed by atoms with van der Waals surface area (Å²) in [6.45, 7) is 6.39. The second-order valence-corrected chi connectivity index (χ2v) is 2.47. The molecule has 0 aromatic rings. The van der Waals surface area contributed by atoms with E-state index >= 15 is 0 Å². The van der Waals surface area contributed by atoms with Gasteiger partial charge >= 0.3 is 0 Å². The Morgan fingerprint density at radius 1 is 1.40 bits per heavy atom. The predicted octanol–water partition coefficient (Wildman–Crippen LogP) is 3.17. The molecule has 10 heavy (non-hydrogen) atoms. The number of aliphatic imine (C=N–C) groups is 1. The van der Waals surface area contributed by atoms with Crippen molar-refractivity contribution in [3.63, 3.8) is 0 Å². The lowest BCUT2D eigenvalue weighted by atomic mass is 10.2. The van der Waals surface area contributed by atoms with Crippen LogP contribution in [0, 0.1) is 0 Å². The molecule has 1 nitrogen and oxygen atoms in total. The Morgan fingerprint density at radius 2 is 2.10 bits per heavy atom. The minimum Gasteiger partial charge on any atom is -0.269 e. The number of hydrogen-bond acceptors (Lipinski definition) is 1. The Morgan fingerprint density at radius 3 is 2.60 bits per heavy atom. The van der Waals surface area contributed by atoms with Crippen LogP contribution >= 0.6 is 0 Å². The van der Waals surface area contributed by atoms with Crippen LogP contribution in [-0.2, 0) is 0 Å². The molecular formula is C9H17N.